The van der Waals surface area contributed by atoms with Gasteiger partial charge in [-0.1, -0.05) is 0 Å². The molecule has 1 rings (SSSR count). The summed E-state index contributed by atoms with van der Waals surface area (Å²) in [6, 6.07) is 0.572. The molecule has 3 heteroatoms. The Kier molecular flexibility index (Phi) is 4.26. The standard InChI is InChI=1S/C8H17NOS/c1-9-8(6-11)7-2-4-10-5-3-7/h7-9,11H,2-6H2,1H3. The van der Waals surface area contributed by atoms with Crippen LogP contribution in [0, 0.1) is 5.92 Å². The molecule has 2 nitrogen and oxygen atoms in total. The second-order valence-corrected chi connectivity index (χ2v) is 3.39. The number of ether oxygens (including phenoxy) is 1. The number of hydrogen-bond donors (Lipinski definition) is 2. The molecule has 1 unspecified atom stereocenters. The molecule has 1 aliphatic rings. The van der Waals surface area contributed by atoms with E-state index >= 15 is 0 Å². The van der Waals surface area contributed by atoms with Gasteiger partial charge in [0.2, 0.25) is 0 Å². The van der Waals surface area contributed by atoms with Gasteiger partial charge in [-0.05, 0) is 25.8 Å². The van der Waals surface area contributed by atoms with Crippen molar-refractivity contribution in [3.63, 3.8) is 0 Å². The summed E-state index contributed by atoms with van der Waals surface area (Å²) in [5, 5.41) is 3.29. The first-order chi connectivity index (χ1) is 5.38. The molecule has 1 fully saturated rings. The van der Waals surface area contributed by atoms with E-state index in [0.717, 1.165) is 24.9 Å². The van der Waals surface area contributed by atoms with E-state index < -0.39 is 0 Å². The molecule has 11 heavy (non-hydrogen) atoms. The molecule has 0 spiro atoms. The van der Waals surface area contributed by atoms with Crippen LogP contribution in [0.1, 0.15) is 12.8 Å². The van der Waals surface area contributed by atoms with Crippen LogP contribution in [0.15, 0.2) is 0 Å². The van der Waals surface area contributed by atoms with Crippen molar-refractivity contribution >= 4 is 12.6 Å². The van der Waals surface area contributed by atoms with Crippen LogP contribution < -0.4 is 5.32 Å². The Hall–Kier alpha value is 0.270. The van der Waals surface area contributed by atoms with Crippen molar-refractivity contribution in [1.82, 2.24) is 5.32 Å². The summed E-state index contributed by atoms with van der Waals surface area (Å²) in [6.07, 6.45) is 2.37. The first-order valence-electron chi connectivity index (χ1n) is 4.24. The highest BCUT2D eigenvalue weighted by atomic mass is 32.1. The first kappa shape index (κ1) is 9.36. The molecule has 66 valence electrons. The average molecular weight is 175 g/mol. The molecule has 0 aromatic carbocycles. The van der Waals surface area contributed by atoms with Gasteiger partial charge in [-0.15, -0.1) is 0 Å². The molecule has 0 aromatic heterocycles. The van der Waals surface area contributed by atoms with Crippen molar-refractivity contribution in [3.05, 3.63) is 0 Å². The average Bonchev–Trinajstić information content (AvgIpc) is 2.09. The molecule has 0 amide bonds. The van der Waals surface area contributed by atoms with Gasteiger partial charge in [0.15, 0.2) is 0 Å². The van der Waals surface area contributed by atoms with Crippen LogP contribution >= 0.6 is 12.6 Å². The van der Waals surface area contributed by atoms with E-state index in [4.69, 9.17) is 4.74 Å². The molecular formula is C8H17NOS. The molecule has 1 saturated heterocycles. The van der Waals surface area contributed by atoms with Gasteiger partial charge < -0.3 is 10.1 Å². The molecule has 0 bridgehead atoms. The molecular weight excluding hydrogens is 158 g/mol. The second-order valence-electron chi connectivity index (χ2n) is 3.03. The number of nitrogens with one attached hydrogen (secondary N) is 1. The van der Waals surface area contributed by atoms with E-state index in [1.807, 2.05) is 7.05 Å². The third-order valence-corrected chi connectivity index (χ3v) is 2.80. The Balaban J connectivity index is 2.30. The normalized spacial score (nSPS) is 23.5. The van der Waals surface area contributed by atoms with E-state index in [1.165, 1.54) is 12.8 Å². The Bertz CT molecular complexity index is 100. The van der Waals surface area contributed by atoms with E-state index in [0.29, 0.717) is 6.04 Å². The molecule has 1 atom stereocenters. The van der Waals surface area contributed by atoms with Crippen molar-refractivity contribution in [1.29, 1.82) is 0 Å². The van der Waals surface area contributed by atoms with Gasteiger partial charge in [-0.3, -0.25) is 0 Å². The topological polar surface area (TPSA) is 21.3 Å². The van der Waals surface area contributed by atoms with Crippen LogP contribution in [0.4, 0.5) is 0 Å². The quantitative estimate of drug-likeness (QED) is 0.623. The van der Waals surface area contributed by atoms with Crippen LogP contribution in [-0.2, 0) is 4.74 Å². The minimum atomic E-state index is 0.572. The van der Waals surface area contributed by atoms with Gasteiger partial charge in [-0.2, -0.15) is 12.6 Å². The summed E-state index contributed by atoms with van der Waals surface area (Å²) in [4.78, 5) is 0. The fourth-order valence-corrected chi connectivity index (χ4v) is 2.07. The van der Waals surface area contributed by atoms with Gasteiger partial charge in [0.25, 0.3) is 0 Å². The van der Waals surface area contributed by atoms with Crippen LogP contribution in [-0.4, -0.2) is 32.1 Å². The lowest BCUT2D eigenvalue weighted by Gasteiger charge is -2.28. The van der Waals surface area contributed by atoms with Gasteiger partial charge in [0.05, 0.1) is 0 Å². The zero-order valence-electron chi connectivity index (χ0n) is 7.05. The summed E-state index contributed by atoms with van der Waals surface area (Å²) in [5.41, 5.74) is 0. The molecule has 0 aliphatic carbocycles. The maximum atomic E-state index is 5.29. The second kappa shape index (κ2) is 5.01. The molecule has 0 saturated carbocycles. The largest absolute Gasteiger partial charge is 0.381 e. The predicted molar refractivity (Wildman–Crippen MR) is 50.2 cm³/mol. The monoisotopic (exact) mass is 175 g/mol. The van der Waals surface area contributed by atoms with Crippen LogP contribution in [0.25, 0.3) is 0 Å². The van der Waals surface area contributed by atoms with Gasteiger partial charge in [0.1, 0.15) is 0 Å². The Morgan fingerprint density at radius 3 is 2.64 bits per heavy atom. The minimum absolute atomic E-state index is 0.572. The Morgan fingerprint density at radius 2 is 2.18 bits per heavy atom. The van der Waals surface area contributed by atoms with Gasteiger partial charge in [0, 0.05) is 25.0 Å². The summed E-state index contributed by atoms with van der Waals surface area (Å²) < 4.78 is 5.29. The fourth-order valence-electron chi connectivity index (χ4n) is 1.59. The molecule has 1 N–H and O–H groups in total. The Labute approximate surface area is 74.1 Å². The van der Waals surface area contributed by atoms with E-state index in [9.17, 15) is 0 Å². The third kappa shape index (κ3) is 2.65. The smallest absolute Gasteiger partial charge is 0.0469 e. The molecule has 0 aromatic rings. The fraction of sp³-hybridized carbons (Fsp3) is 1.00. The van der Waals surface area contributed by atoms with Crippen molar-refractivity contribution < 1.29 is 4.74 Å². The van der Waals surface area contributed by atoms with Crippen LogP contribution in [0.5, 0.6) is 0 Å². The van der Waals surface area contributed by atoms with Crippen molar-refractivity contribution in [2.24, 2.45) is 5.92 Å². The maximum Gasteiger partial charge on any atom is 0.0469 e. The predicted octanol–water partition coefficient (Wildman–Crippen LogP) is 0.931. The lowest BCUT2D eigenvalue weighted by atomic mass is 9.93. The highest BCUT2D eigenvalue weighted by Crippen LogP contribution is 2.18. The highest BCUT2D eigenvalue weighted by molar-refractivity contribution is 7.80. The zero-order chi connectivity index (χ0) is 8.10. The summed E-state index contributed by atoms with van der Waals surface area (Å²) >= 11 is 4.30. The first-order valence-corrected chi connectivity index (χ1v) is 4.87. The maximum absolute atomic E-state index is 5.29. The summed E-state index contributed by atoms with van der Waals surface area (Å²) in [6.45, 7) is 1.85. The van der Waals surface area contributed by atoms with Crippen molar-refractivity contribution in [3.8, 4) is 0 Å². The number of thiol groups is 1. The molecule has 0 radical (unpaired) electrons. The van der Waals surface area contributed by atoms with Crippen LogP contribution in [0.2, 0.25) is 0 Å². The van der Waals surface area contributed by atoms with Crippen LogP contribution in [0.3, 0.4) is 0 Å². The highest BCUT2D eigenvalue weighted by Gasteiger charge is 2.20. The summed E-state index contributed by atoms with van der Waals surface area (Å²) in [7, 11) is 2.01. The van der Waals surface area contributed by atoms with Crippen molar-refractivity contribution in [2.45, 2.75) is 18.9 Å². The Morgan fingerprint density at radius 1 is 1.55 bits per heavy atom. The lowest BCUT2D eigenvalue weighted by molar-refractivity contribution is 0.0575. The third-order valence-electron chi connectivity index (χ3n) is 2.40. The van der Waals surface area contributed by atoms with Gasteiger partial charge >= 0.3 is 0 Å². The van der Waals surface area contributed by atoms with Crippen molar-refractivity contribution in [2.75, 3.05) is 26.0 Å². The lowest BCUT2D eigenvalue weighted by Crippen LogP contribution is -2.38. The molecule has 1 aliphatic heterocycles. The van der Waals surface area contributed by atoms with E-state index in [1.54, 1.807) is 0 Å². The minimum Gasteiger partial charge on any atom is -0.381 e. The van der Waals surface area contributed by atoms with E-state index in [2.05, 4.69) is 17.9 Å². The van der Waals surface area contributed by atoms with Gasteiger partial charge in [-0.25, -0.2) is 0 Å². The number of hydrogen-bond acceptors (Lipinski definition) is 3. The van der Waals surface area contributed by atoms with E-state index in [-0.39, 0.29) is 0 Å². The number of rotatable bonds is 3. The SMILES string of the molecule is CNC(CS)C1CCOCC1. The zero-order valence-corrected chi connectivity index (χ0v) is 7.94. The summed E-state index contributed by atoms with van der Waals surface area (Å²) in [5.74, 6) is 1.70. The molecule has 1 heterocycles.